The Balaban J connectivity index is 2.56. The van der Waals surface area contributed by atoms with Crippen molar-refractivity contribution in [1.29, 1.82) is 0 Å². The summed E-state index contributed by atoms with van der Waals surface area (Å²) >= 11 is 0. The van der Waals surface area contributed by atoms with Crippen LogP contribution in [0.3, 0.4) is 0 Å². The van der Waals surface area contributed by atoms with Crippen LogP contribution < -0.4 is 18.9 Å². The number of hydrogen-bond acceptors (Lipinski definition) is 6. The van der Waals surface area contributed by atoms with Crippen LogP contribution in [-0.2, 0) is 0 Å². The second kappa shape index (κ2) is 5.47. The van der Waals surface area contributed by atoms with Gasteiger partial charge in [0.15, 0.2) is 17.3 Å². The van der Waals surface area contributed by atoms with Gasteiger partial charge >= 0.3 is 6.01 Å². The highest BCUT2D eigenvalue weighted by Gasteiger charge is 2.19. The van der Waals surface area contributed by atoms with Gasteiger partial charge in [-0.3, -0.25) is 5.10 Å². The minimum Gasteiger partial charge on any atom is -0.493 e. The van der Waals surface area contributed by atoms with Gasteiger partial charge in [-0.1, -0.05) is 0 Å². The number of aromatic nitrogens is 3. The molecule has 1 aromatic carbocycles. The molecule has 0 amide bonds. The molecule has 0 aliphatic rings. The number of H-pyrrole nitrogens is 1. The van der Waals surface area contributed by atoms with Gasteiger partial charge in [0.25, 0.3) is 0 Å². The number of nitrogens with one attached hydrogen (secondary N) is 1. The molecular weight excluding hydrogens is 250 g/mol. The summed E-state index contributed by atoms with van der Waals surface area (Å²) in [5.74, 6) is 2.11. The lowest BCUT2D eigenvalue weighted by Gasteiger charge is -2.14. The number of rotatable bonds is 5. The Morgan fingerprint density at radius 2 is 1.63 bits per heavy atom. The fourth-order valence-corrected chi connectivity index (χ4v) is 1.75. The first-order valence-electron chi connectivity index (χ1n) is 5.50. The van der Waals surface area contributed by atoms with Crippen molar-refractivity contribution in [2.75, 3.05) is 28.4 Å². The molecule has 2 aromatic rings. The average Bonchev–Trinajstić information content (AvgIpc) is 2.94. The average molecular weight is 265 g/mol. The van der Waals surface area contributed by atoms with E-state index in [-0.39, 0.29) is 6.01 Å². The fraction of sp³-hybridized carbons (Fsp3) is 0.333. The Morgan fingerprint density at radius 1 is 0.895 bits per heavy atom. The Labute approximate surface area is 110 Å². The first kappa shape index (κ1) is 13.0. The molecule has 0 bridgehead atoms. The van der Waals surface area contributed by atoms with Crippen LogP contribution in [0.15, 0.2) is 12.1 Å². The summed E-state index contributed by atoms with van der Waals surface area (Å²) in [6.45, 7) is 0. The summed E-state index contributed by atoms with van der Waals surface area (Å²) in [6.07, 6.45) is 0. The highest BCUT2D eigenvalue weighted by Crippen LogP contribution is 2.43. The summed E-state index contributed by atoms with van der Waals surface area (Å²) in [5, 5.41) is 6.67. The molecule has 7 nitrogen and oxygen atoms in total. The zero-order valence-electron chi connectivity index (χ0n) is 11.2. The van der Waals surface area contributed by atoms with Crippen molar-refractivity contribution in [2.24, 2.45) is 0 Å². The third-order valence-electron chi connectivity index (χ3n) is 2.61. The summed E-state index contributed by atoms with van der Waals surface area (Å²) < 4.78 is 20.8. The Bertz CT molecular complexity index is 568. The molecule has 0 saturated carbocycles. The molecule has 0 atom stereocenters. The maximum Gasteiger partial charge on any atom is 0.335 e. The normalized spacial score (nSPS) is 10.1. The molecule has 0 spiro atoms. The zero-order chi connectivity index (χ0) is 13.8. The number of ether oxygens (including phenoxy) is 4. The Kier molecular flexibility index (Phi) is 3.74. The quantitative estimate of drug-likeness (QED) is 0.882. The number of hydrogen-bond donors (Lipinski definition) is 1. The van der Waals surface area contributed by atoms with E-state index in [4.69, 9.17) is 18.9 Å². The largest absolute Gasteiger partial charge is 0.493 e. The lowest BCUT2D eigenvalue weighted by molar-refractivity contribution is 0.325. The van der Waals surface area contributed by atoms with Crippen LogP contribution in [0, 0.1) is 0 Å². The summed E-state index contributed by atoms with van der Waals surface area (Å²) in [6, 6.07) is 3.83. The topological polar surface area (TPSA) is 78.5 Å². The van der Waals surface area contributed by atoms with E-state index in [1.54, 1.807) is 33.5 Å². The third-order valence-corrected chi connectivity index (χ3v) is 2.61. The van der Waals surface area contributed by atoms with E-state index in [1.165, 1.54) is 7.11 Å². The maximum atomic E-state index is 5.37. The van der Waals surface area contributed by atoms with E-state index in [9.17, 15) is 0 Å². The molecule has 0 fully saturated rings. The number of nitrogens with zero attached hydrogens (tertiary/aromatic N) is 2. The summed E-state index contributed by atoms with van der Waals surface area (Å²) in [5.41, 5.74) is 0.705. The Hall–Kier alpha value is -2.44. The predicted octanol–water partition coefficient (Wildman–Crippen LogP) is 1.51. The molecule has 7 heteroatoms. The van der Waals surface area contributed by atoms with Gasteiger partial charge in [-0.25, -0.2) is 0 Å². The first-order valence-corrected chi connectivity index (χ1v) is 5.50. The van der Waals surface area contributed by atoms with Crippen LogP contribution in [0.1, 0.15) is 0 Å². The van der Waals surface area contributed by atoms with Gasteiger partial charge in [-0.15, -0.1) is 5.10 Å². The van der Waals surface area contributed by atoms with Gasteiger partial charge in [0, 0.05) is 0 Å². The first-order chi connectivity index (χ1) is 9.24. The molecule has 1 aromatic heterocycles. The van der Waals surface area contributed by atoms with Crippen molar-refractivity contribution in [3.8, 4) is 34.6 Å². The SMILES string of the molecule is COc1n[nH]c(-c2ccc(OC)c(OC)c2OC)n1. The van der Waals surface area contributed by atoms with Crippen LogP contribution >= 0.6 is 0 Å². The van der Waals surface area contributed by atoms with Crippen molar-refractivity contribution < 1.29 is 18.9 Å². The number of benzene rings is 1. The van der Waals surface area contributed by atoms with Gasteiger partial charge in [-0.05, 0) is 12.1 Å². The molecule has 0 unspecified atom stereocenters. The van der Waals surface area contributed by atoms with Gasteiger partial charge in [0.2, 0.25) is 5.75 Å². The molecule has 102 valence electrons. The van der Waals surface area contributed by atoms with E-state index in [0.29, 0.717) is 28.6 Å². The van der Waals surface area contributed by atoms with E-state index in [2.05, 4.69) is 15.2 Å². The van der Waals surface area contributed by atoms with Crippen LogP contribution in [0.4, 0.5) is 0 Å². The maximum absolute atomic E-state index is 5.37. The van der Waals surface area contributed by atoms with Crippen LogP contribution in [0.25, 0.3) is 11.4 Å². The Morgan fingerprint density at radius 3 is 2.16 bits per heavy atom. The highest BCUT2D eigenvalue weighted by atomic mass is 16.5. The van der Waals surface area contributed by atoms with Crippen molar-refractivity contribution in [2.45, 2.75) is 0 Å². The van der Waals surface area contributed by atoms with Gasteiger partial charge in [-0.2, -0.15) is 4.98 Å². The molecule has 0 aliphatic heterocycles. The van der Waals surface area contributed by atoms with E-state index >= 15 is 0 Å². The minimum absolute atomic E-state index is 0.256. The van der Waals surface area contributed by atoms with Gasteiger partial charge in [0.05, 0.1) is 34.0 Å². The van der Waals surface area contributed by atoms with E-state index in [1.807, 2.05) is 0 Å². The molecule has 2 rings (SSSR count). The van der Waals surface area contributed by atoms with Crippen LogP contribution in [-0.4, -0.2) is 43.6 Å². The smallest absolute Gasteiger partial charge is 0.335 e. The van der Waals surface area contributed by atoms with Crippen LogP contribution in [0.5, 0.6) is 23.3 Å². The van der Waals surface area contributed by atoms with Gasteiger partial charge < -0.3 is 18.9 Å². The number of methoxy groups -OCH3 is 4. The van der Waals surface area contributed by atoms with Crippen molar-refractivity contribution in [3.63, 3.8) is 0 Å². The lowest BCUT2D eigenvalue weighted by Crippen LogP contribution is -1.97. The molecule has 1 N–H and O–H groups in total. The second-order valence-electron chi connectivity index (χ2n) is 3.55. The highest BCUT2D eigenvalue weighted by molar-refractivity contribution is 5.72. The molecule has 0 saturated heterocycles. The standard InChI is InChI=1S/C12H15N3O4/c1-16-8-6-5-7(9(17-2)10(8)18-3)11-13-12(19-4)15-14-11/h5-6H,1-4H3,(H,13,14,15). The van der Waals surface area contributed by atoms with Crippen molar-refractivity contribution in [3.05, 3.63) is 12.1 Å². The minimum atomic E-state index is 0.256. The monoisotopic (exact) mass is 265 g/mol. The molecule has 19 heavy (non-hydrogen) atoms. The third kappa shape index (κ3) is 2.26. The fourth-order valence-electron chi connectivity index (χ4n) is 1.75. The molecule has 0 aliphatic carbocycles. The zero-order valence-corrected chi connectivity index (χ0v) is 11.2. The lowest BCUT2D eigenvalue weighted by atomic mass is 10.1. The molecule has 1 heterocycles. The van der Waals surface area contributed by atoms with Gasteiger partial charge in [0.1, 0.15) is 0 Å². The van der Waals surface area contributed by atoms with Crippen molar-refractivity contribution in [1.82, 2.24) is 15.2 Å². The molecule has 0 radical (unpaired) electrons. The van der Waals surface area contributed by atoms with Crippen molar-refractivity contribution >= 4 is 0 Å². The summed E-state index contributed by atoms with van der Waals surface area (Å²) in [7, 11) is 6.16. The van der Waals surface area contributed by atoms with Crippen LogP contribution in [0.2, 0.25) is 0 Å². The second-order valence-corrected chi connectivity index (χ2v) is 3.55. The van der Waals surface area contributed by atoms with E-state index < -0.39 is 0 Å². The predicted molar refractivity (Wildman–Crippen MR) is 68.0 cm³/mol. The summed E-state index contributed by atoms with van der Waals surface area (Å²) in [4.78, 5) is 4.17. The van der Waals surface area contributed by atoms with E-state index in [0.717, 1.165) is 0 Å². The molecular formula is C12H15N3O4. The number of aromatic amines is 1.